The molecule has 0 radical (unpaired) electrons. The molecule has 2 aromatic carbocycles. The van der Waals surface area contributed by atoms with E-state index < -0.39 is 0 Å². The molecule has 0 saturated carbocycles. The number of hydrogen-bond acceptors (Lipinski definition) is 4. The van der Waals surface area contributed by atoms with Crippen LogP contribution in [0.25, 0.3) is 0 Å². The van der Waals surface area contributed by atoms with Crippen LogP contribution in [-0.4, -0.2) is 61.5 Å². The summed E-state index contributed by atoms with van der Waals surface area (Å²) in [5.41, 5.74) is 2.81. The summed E-state index contributed by atoms with van der Waals surface area (Å²) in [6, 6.07) is 13.1. The number of benzene rings is 2. The molecule has 0 spiro atoms. The van der Waals surface area contributed by atoms with E-state index in [0.29, 0.717) is 31.7 Å². The molecular weight excluding hydrogens is 392 g/mol. The Morgan fingerprint density at radius 3 is 2.13 bits per heavy atom. The van der Waals surface area contributed by atoms with Crippen LogP contribution in [0.4, 0.5) is 0 Å². The zero-order valence-electron chi connectivity index (χ0n) is 19.1. The van der Waals surface area contributed by atoms with E-state index in [9.17, 15) is 9.59 Å². The van der Waals surface area contributed by atoms with Crippen LogP contribution in [0.5, 0.6) is 11.5 Å². The first kappa shape index (κ1) is 22.7. The molecule has 1 heterocycles. The molecule has 2 amide bonds. The fourth-order valence-electron chi connectivity index (χ4n) is 3.66. The third-order valence-corrected chi connectivity index (χ3v) is 5.55. The first-order valence-electron chi connectivity index (χ1n) is 10.6. The van der Waals surface area contributed by atoms with E-state index in [1.165, 1.54) is 5.56 Å². The number of nitrogens with zero attached hydrogens (tertiary/aromatic N) is 2. The summed E-state index contributed by atoms with van der Waals surface area (Å²) in [5.74, 6) is 1.38. The number of methoxy groups -OCH3 is 1. The van der Waals surface area contributed by atoms with Gasteiger partial charge in [-0.05, 0) is 48.2 Å². The van der Waals surface area contributed by atoms with Gasteiger partial charge in [0.05, 0.1) is 7.11 Å². The fourth-order valence-corrected chi connectivity index (χ4v) is 3.66. The summed E-state index contributed by atoms with van der Waals surface area (Å²) in [7, 11) is 1.60. The molecular formula is C25H32N2O4. The Morgan fingerprint density at radius 2 is 1.55 bits per heavy atom. The molecule has 6 nitrogen and oxygen atoms in total. The highest BCUT2D eigenvalue weighted by Crippen LogP contribution is 2.32. The minimum Gasteiger partial charge on any atom is -0.497 e. The van der Waals surface area contributed by atoms with E-state index >= 15 is 0 Å². The summed E-state index contributed by atoms with van der Waals surface area (Å²) in [5, 5.41) is 0. The first-order valence-corrected chi connectivity index (χ1v) is 10.6. The summed E-state index contributed by atoms with van der Waals surface area (Å²) in [4.78, 5) is 29.0. The van der Waals surface area contributed by atoms with Crippen LogP contribution in [0.3, 0.4) is 0 Å². The van der Waals surface area contributed by atoms with Crippen molar-refractivity contribution in [3.05, 3.63) is 59.2 Å². The molecule has 3 rings (SSSR count). The topological polar surface area (TPSA) is 59.1 Å². The van der Waals surface area contributed by atoms with Crippen LogP contribution in [0.15, 0.2) is 42.5 Å². The zero-order chi connectivity index (χ0) is 22.6. The highest BCUT2D eigenvalue weighted by atomic mass is 16.5. The number of carbonyl (C=O) groups excluding carboxylic acids is 2. The minimum atomic E-state index is -0.0716. The smallest absolute Gasteiger partial charge is 0.260 e. The van der Waals surface area contributed by atoms with Gasteiger partial charge in [-0.2, -0.15) is 0 Å². The predicted octanol–water partition coefficient (Wildman–Crippen LogP) is 3.66. The van der Waals surface area contributed by atoms with Crippen molar-refractivity contribution >= 4 is 11.8 Å². The lowest BCUT2D eigenvalue weighted by atomic mass is 9.85. The molecule has 2 aromatic rings. The van der Waals surface area contributed by atoms with Gasteiger partial charge in [0.2, 0.25) is 0 Å². The Balaban J connectivity index is 1.54. The second-order valence-corrected chi connectivity index (χ2v) is 8.94. The highest BCUT2D eigenvalue weighted by molar-refractivity contribution is 5.94. The molecule has 0 atom stereocenters. The lowest BCUT2D eigenvalue weighted by Crippen LogP contribution is -2.51. The number of hydrogen-bond donors (Lipinski definition) is 0. The van der Waals surface area contributed by atoms with Crippen molar-refractivity contribution in [2.75, 3.05) is 39.9 Å². The van der Waals surface area contributed by atoms with Gasteiger partial charge in [-0.1, -0.05) is 38.5 Å². The van der Waals surface area contributed by atoms with Gasteiger partial charge in [-0.15, -0.1) is 0 Å². The summed E-state index contributed by atoms with van der Waals surface area (Å²) >= 11 is 0. The Morgan fingerprint density at radius 1 is 0.935 bits per heavy atom. The van der Waals surface area contributed by atoms with E-state index in [1.807, 2.05) is 12.1 Å². The number of aryl methyl sites for hydroxylation is 1. The van der Waals surface area contributed by atoms with E-state index in [-0.39, 0.29) is 23.8 Å². The number of amides is 2. The van der Waals surface area contributed by atoms with Gasteiger partial charge in [-0.3, -0.25) is 9.59 Å². The van der Waals surface area contributed by atoms with Crippen molar-refractivity contribution in [2.24, 2.45) is 0 Å². The van der Waals surface area contributed by atoms with Crippen molar-refractivity contribution < 1.29 is 19.1 Å². The standard InChI is InChI=1S/C25H32N2O4/c1-18-6-11-22(21(16-18)25(2,3)4)31-17-23(28)26-12-14-27(15-13-26)24(29)19-7-9-20(30-5)10-8-19/h6-11,16H,12-15,17H2,1-5H3. The van der Waals surface area contributed by atoms with Gasteiger partial charge in [0.1, 0.15) is 11.5 Å². The average molecular weight is 425 g/mol. The van der Waals surface area contributed by atoms with E-state index in [2.05, 4.69) is 33.8 Å². The maximum atomic E-state index is 12.7. The quantitative estimate of drug-likeness (QED) is 0.735. The number of rotatable bonds is 5. The molecule has 166 valence electrons. The SMILES string of the molecule is COc1ccc(C(=O)N2CCN(C(=O)COc3ccc(C)cc3C(C)(C)C)CC2)cc1. The largest absolute Gasteiger partial charge is 0.497 e. The van der Waals surface area contributed by atoms with E-state index in [0.717, 1.165) is 17.1 Å². The van der Waals surface area contributed by atoms with Crippen LogP contribution in [-0.2, 0) is 10.2 Å². The molecule has 0 aromatic heterocycles. The fraction of sp³-hybridized carbons (Fsp3) is 0.440. The van der Waals surface area contributed by atoms with Gasteiger partial charge in [0.15, 0.2) is 6.61 Å². The molecule has 0 aliphatic carbocycles. The highest BCUT2D eigenvalue weighted by Gasteiger charge is 2.26. The lowest BCUT2D eigenvalue weighted by molar-refractivity contribution is -0.134. The predicted molar refractivity (Wildman–Crippen MR) is 121 cm³/mol. The third kappa shape index (κ3) is 5.57. The van der Waals surface area contributed by atoms with Gasteiger partial charge >= 0.3 is 0 Å². The minimum absolute atomic E-state index is 0.00142. The van der Waals surface area contributed by atoms with E-state index in [1.54, 1.807) is 41.2 Å². The second-order valence-electron chi connectivity index (χ2n) is 8.94. The lowest BCUT2D eigenvalue weighted by Gasteiger charge is -2.35. The molecule has 0 unspecified atom stereocenters. The number of ether oxygens (including phenoxy) is 2. The van der Waals surface area contributed by atoms with Crippen LogP contribution in [0, 0.1) is 6.92 Å². The molecule has 1 aliphatic heterocycles. The number of piperazine rings is 1. The Hall–Kier alpha value is -3.02. The monoisotopic (exact) mass is 424 g/mol. The molecule has 0 N–H and O–H groups in total. The van der Waals surface area contributed by atoms with Gasteiger partial charge in [-0.25, -0.2) is 0 Å². The molecule has 1 fully saturated rings. The summed E-state index contributed by atoms with van der Waals surface area (Å²) in [6.07, 6.45) is 0. The molecule has 1 aliphatic rings. The molecule has 1 saturated heterocycles. The van der Waals surface area contributed by atoms with Gasteiger partial charge in [0.25, 0.3) is 11.8 Å². The normalized spacial score (nSPS) is 14.4. The van der Waals surface area contributed by atoms with Crippen molar-refractivity contribution in [1.29, 1.82) is 0 Å². The maximum Gasteiger partial charge on any atom is 0.260 e. The molecule has 31 heavy (non-hydrogen) atoms. The molecule has 0 bridgehead atoms. The van der Waals surface area contributed by atoms with Crippen molar-refractivity contribution in [1.82, 2.24) is 9.80 Å². The van der Waals surface area contributed by atoms with Crippen LogP contribution >= 0.6 is 0 Å². The molecule has 6 heteroatoms. The van der Waals surface area contributed by atoms with Crippen molar-refractivity contribution in [3.63, 3.8) is 0 Å². The maximum absolute atomic E-state index is 12.7. The Bertz CT molecular complexity index is 924. The average Bonchev–Trinajstić information content (AvgIpc) is 2.77. The van der Waals surface area contributed by atoms with Crippen molar-refractivity contribution in [2.45, 2.75) is 33.1 Å². The Labute approximate surface area is 184 Å². The van der Waals surface area contributed by atoms with Crippen LogP contribution in [0.2, 0.25) is 0 Å². The zero-order valence-corrected chi connectivity index (χ0v) is 19.1. The van der Waals surface area contributed by atoms with Crippen molar-refractivity contribution in [3.8, 4) is 11.5 Å². The third-order valence-electron chi connectivity index (χ3n) is 5.55. The summed E-state index contributed by atoms with van der Waals surface area (Å²) < 4.78 is 11.1. The van der Waals surface area contributed by atoms with Gasteiger partial charge in [0, 0.05) is 31.7 Å². The second kappa shape index (κ2) is 9.41. The van der Waals surface area contributed by atoms with Crippen LogP contribution in [0.1, 0.15) is 42.3 Å². The Kier molecular flexibility index (Phi) is 6.88. The van der Waals surface area contributed by atoms with Crippen LogP contribution < -0.4 is 9.47 Å². The summed E-state index contributed by atoms with van der Waals surface area (Å²) in [6.45, 7) is 10.5. The first-order chi connectivity index (χ1) is 14.7. The van der Waals surface area contributed by atoms with E-state index in [4.69, 9.17) is 9.47 Å². The number of carbonyl (C=O) groups is 2. The van der Waals surface area contributed by atoms with Gasteiger partial charge < -0.3 is 19.3 Å².